The van der Waals surface area contributed by atoms with Gasteiger partial charge >= 0.3 is 5.76 Å². The first-order valence-corrected chi connectivity index (χ1v) is 11.8. The molecule has 12 heteroatoms. The minimum atomic E-state index is -0.715. The number of aliphatic hydroxyl groups excluding tert-OH is 1. The van der Waals surface area contributed by atoms with Crippen LogP contribution in [-0.2, 0) is 6.54 Å². The Labute approximate surface area is 214 Å². The van der Waals surface area contributed by atoms with E-state index in [1.807, 2.05) is 19.9 Å². The number of aliphatic hydroxyl groups is 1. The molecule has 11 nitrogen and oxygen atoms in total. The van der Waals surface area contributed by atoms with Crippen molar-refractivity contribution >= 4 is 28.3 Å². The molecule has 0 saturated heterocycles. The molecule has 190 valence electrons. The number of halogens is 1. The van der Waals surface area contributed by atoms with E-state index in [-0.39, 0.29) is 29.1 Å². The normalized spacial score (nSPS) is 12.2. The fraction of sp³-hybridized carbons (Fsp3) is 0.240. The molecule has 0 aliphatic rings. The lowest BCUT2D eigenvalue weighted by molar-refractivity contribution is 0.269. The number of nitrogens with zero attached hydrogens (tertiary/aromatic N) is 4. The Bertz CT molecular complexity index is 1730. The Balaban J connectivity index is 1.62. The summed E-state index contributed by atoms with van der Waals surface area (Å²) in [6, 6.07) is 6.71. The Morgan fingerprint density at radius 1 is 1.24 bits per heavy atom. The Hall–Kier alpha value is -4.22. The van der Waals surface area contributed by atoms with Crippen LogP contribution in [0.4, 0.5) is 5.69 Å². The third-order valence-corrected chi connectivity index (χ3v) is 6.19. The van der Waals surface area contributed by atoms with Crippen LogP contribution in [0.3, 0.4) is 0 Å². The highest BCUT2D eigenvalue weighted by molar-refractivity contribution is 6.29. The number of hydrogen-bond acceptors (Lipinski definition) is 9. The van der Waals surface area contributed by atoms with E-state index >= 15 is 0 Å². The number of fused-ring (bicyclic) bond motifs is 1. The molecular weight excluding hydrogens is 500 g/mol. The lowest BCUT2D eigenvalue weighted by Crippen LogP contribution is -2.13. The van der Waals surface area contributed by atoms with Crippen LogP contribution in [0.2, 0.25) is 5.15 Å². The van der Waals surface area contributed by atoms with E-state index in [1.165, 1.54) is 0 Å². The molecule has 0 aliphatic carbocycles. The fourth-order valence-electron chi connectivity index (χ4n) is 4.25. The van der Waals surface area contributed by atoms with Gasteiger partial charge in [0.2, 0.25) is 5.82 Å². The van der Waals surface area contributed by atoms with Gasteiger partial charge in [0.15, 0.2) is 5.43 Å². The molecule has 1 atom stereocenters. The van der Waals surface area contributed by atoms with Gasteiger partial charge in [0.25, 0.3) is 0 Å². The molecule has 1 unspecified atom stereocenters. The second-order valence-corrected chi connectivity index (χ2v) is 9.06. The van der Waals surface area contributed by atoms with E-state index in [4.69, 9.17) is 16.0 Å². The van der Waals surface area contributed by atoms with Crippen molar-refractivity contribution in [2.24, 2.45) is 0 Å². The third kappa shape index (κ3) is 4.66. The smallest absolute Gasteiger partial charge is 0.439 e. The molecule has 5 aromatic rings. The van der Waals surface area contributed by atoms with Gasteiger partial charge in [0.05, 0.1) is 42.0 Å². The van der Waals surface area contributed by atoms with Gasteiger partial charge < -0.3 is 14.8 Å². The van der Waals surface area contributed by atoms with Crippen molar-refractivity contribution in [3.63, 3.8) is 0 Å². The predicted octanol–water partition coefficient (Wildman–Crippen LogP) is 3.83. The zero-order chi connectivity index (χ0) is 26.3. The number of nitrogens with one attached hydrogen (secondary N) is 2. The summed E-state index contributed by atoms with van der Waals surface area (Å²) >= 11 is 6.10. The Morgan fingerprint density at radius 3 is 2.78 bits per heavy atom. The SMILES string of the molecule is Cc1cc(C(C)Nc2ccc(Cl)nc2-c2noc(=O)[nH]2)c2oc(-c3cnn(CCO)c3)c(C)c(=O)c2c1. The number of benzene rings is 1. The van der Waals surface area contributed by atoms with Crippen LogP contribution in [0.25, 0.3) is 33.8 Å². The first-order chi connectivity index (χ1) is 17.7. The van der Waals surface area contributed by atoms with Gasteiger partial charge in [0, 0.05) is 17.3 Å². The third-order valence-electron chi connectivity index (χ3n) is 5.98. The summed E-state index contributed by atoms with van der Waals surface area (Å²) in [5.74, 6) is -0.180. The molecule has 5 rings (SSSR count). The fourth-order valence-corrected chi connectivity index (χ4v) is 4.39. The van der Waals surface area contributed by atoms with Crippen LogP contribution >= 0.6 is 11.6 Å². The van der Waals surface area contributed by atoms with Crippen LogP contribution in [0.1, 0.15) is 29.7 Å². The maximum Gasteiger partial charge on any atom is 0.439 e. The molecule has 0 saturated carbocycles. The number of hydrogen-bond donors (Lipinski definition) is 3. The van der Waals surface area contributed by atoms with Gasteiger partial charge in [-0.25, -0.2) is 9.78 Å². The van der Waals surface area contributed by atoms with Crippen molar-refractivity contribution in [1.29, 1.82) is 0 Å². The molecule has 1 aromatic carbocycles. The molecule has 0 spiro atoms. The molecule has 0 radical (unpaired) electrons. The Kier molecular flexibility index (Phi) is 6.40. The lowest BCUT2D eigenvalue weighted by atomic mass is 9.99. The summed E-state index contributed by atoms with van der Waals surface area (Å²) in [5, 5.41) is 21.2. The first kappa shape index (κ1) is 24.5. The second kappa shape index (κ2) is 9.68. The summed E-state index contributed by atoms with van der Waals surface area (Å²) in [6.07, 6.45) is 3.33. The molecule has 0 amide bonds. The molecule has 0 fully saturated rings. The van der Waals surface area contributed by atoms with Crippen molar-refractivity contribution in [3.05, 3.63) is 79.3 Å². The Morgan fingerprint density at radius 2 is 2.05 bits per heavy atom. The molecule has 0 aliphatic heterocycles. The van der Waals surface area contributed by atoms with Crippen molar-refractivity contribution in [2.45, 2.75) is 33.4 Å². The topological polar surface area (TPSA) is 152 Å². The van der Waals surface area contributed by atoms with Crippen LogP contribution in [0.15, 0.2) is 55.2 Å². The van der Waals surface area contributed by atoms with Crippen molar-refractivity contribution < 1.29 is 14.0 Å². The minimum Gasteiger partial charge on any atom is -0.455 e. The van der Waals surface area contributed by atoms with E-state index in [0.717, 1.165) is 11.1 Å². The maximum absolute atomic E-state index is 13.4. The summed E-state index contributed by atoms with van der Waals surface area (Å²) in [6.45, 7) is 5.82. The van der Waals surface area contributed by atoms with Gasteiger partial charge in [0.1, 0.15) is 22.2 Å². The largest absolute Gasteiger partial charge is 0.455 e. The summed E-state index contributed by atoms with van der Waals surface area (Å²) in [4.78, 5) is 31.7. The van der Waals surface area contributed by atoms with Gasteiger partial charge in [-0.1, -0.05) is 22.8 Å². The van der Waals surface area contributed by atoms with Crippen molar-refractivity contribution in [3.8, 4) is 22.8 Å². The van der Waals surface area contributed by atoms with Crippen LogP contribution in [0.5, 0.6) is 0 Å². The van der Waals surface area contributed by atoms with Crippen LogP contribution < -0.4 is 16.5 Å². The second-order valence-electron chi connectivity index (χ2n) is 8.67. The van der Waals surface area contributed by atoms with Gasteiger partial charge in [-0.05, 0) is 44.5 Å². The highest BCUT2D eigenvalue weighted by atomic mass is 35.5. The zero-order valence-corrected chi connectivity index (χ0v) is 21.0. The average molecular weight is 523 g/mol. The van der Waals surface area contributed by atoms with E-state index in [9.17, 15) is 14.7 Å². The van der Waals surface area contributed by atoms with Crippen LogP contribution in [0, 0.1) is 13.8 Å². The van der Waals surface area contributed by atoms with Gasteiger partial charge in [-0.3, -0.25) is 19.0 Å². The van der Waals surface area contributed by atoms with E-state index in [0.29, 0.717) is 45.8 Å². The standard InChI is InChI=1S/C25H23ClN6O5/c1-12-8-16(14(3)28-18-4-5-19(26)29-20(18)24-30-25(35)37-31-24)23-17(9-12)21(34)13(2)22(36-23)15-10-27-32(11-15)6-7-33/h4-5,8-11,14,28,33H,6-7H2,1-3H3,(H,30,31,35). The molecular formula is C25H23ClN6O5. The summed E-state index contributed by atoms with van der Waals surface area (Å²) in [7, 11) is 0. The highest BCUT2D eigenvalue weighted by Gasteiger charge is 2.21. The first-order valence-electron chi connectivity index (χ1n) is 11.5. The predicted molar refractivity (Wildman–Crippen MR) is 138 cm³/mol. The van der Waals surface area contributed by atoms with Crippen molar-refractivity contribution in [1.82, 2.24) is 24.9 Å². The van der Waals surface area contributed by atoms with E-state index in [1.54, 1.807) is 42.2 Å². The molecule has 3 N–H and O–H groups in total. The number of anilines is 1. The number of aromatic amines is 1. The summed E-state index contributed by atoms with van der Waals surface area (Å²) in [5.41, 5.74) is 3.87. The van der Waals surface area contributed by atoms with E-state index in [2.05, 4.69) is 30.1 Å². The van der Waals surface area contributed by atoms with Crippen LogP contribution in [-0.4, -0.2) is 36.6 Å². The quantitative estimate of drug-likeness (QED) is 0.271. The lowest BCUT2D eigenvalue weighted by Gasteiger charge is -2.19. The number of H-pyrrole nitrogens is 1. The molecule has 4 heterocycles. The monoisotopic (exact) mass is 522 g/mol. The van der Waals surface area contributed by atoms with Gasteiger partial charge in [-0.2, -0.15) is 5.10 Å². The average Bonchev–Trinajstić information content (AvgIpc) is 3.51. The number of aryl methyl sites for hydroxylation is 1. The van der Waals surface area contributed by atoms with E-state index < -0.39 is 5.76 Å². The number of rotatable bonds is 7. The minimum absolute atomic E-state index is 0.0574. The van der Waals surface area contributed by atoms with Crippen molar-refractivity contribution in [2.75, 3.05) is 11.9 Å². The zero-order valence-electron chi connectivity index (χ0n) is 20.2. The molecule has 37 heavy (non-hydrogen) atoms. The highest BCUT2D eigenvalue weighted by Crippen LogP contribution is 2.34. The molecule has 4 aromatic heterocycles. The van der Waals surface area contributed by atoms with Gasteiger partial charge in [-0.15, -0.1) is 0 Å². The summed E-state index contributed by atoms with van der Waals surface area (Å²) < 4.78 is 12.6. The molecule has 0 bridgehead atoms. The number of aromatic nitrogens is 5. The number of pyridine rings is 1. The maximum atomic E-state index is 13.4.